The van der Waals surface area contributed by atoms with E-state index in [2.05, 4.69) is 15.6 Å². The highest BCUT2D eigenvalue weighted by Gasteiger charge is 2.33. The lowest BCUT2D eigenvalue weighted by molar-refractivity contribution is -0.0131. The smallest absolute Gasteiger partial charge is 0.315 e. The van der Waals surface area contributed by atoms with Crippen LogP contribution in [-0.4, -0.2) is 28.3 Å². The molecule has 3 N–H and O–H groups in total. The zero-order valence-corrected chi connectivity index (χ0v) is 14.5. The van der Waals surface area contributed by atoms with E-state index in [9.17, 15) is 9.90 Å². The number of thiazole rings is 1. The van der Waals surface area contributed by atoms with E-state index < -0.39 is 5.60 Å². The molecule has 0 unspecified atom stereocenters. The van der Waals surface area contributed by atoms with Gasteiger partial charge in [-0.15, -0.1) is 11.3 Å². The third kappa shape index (κ3) is 4.68. The number of aromatic nitrogens is 1. The van der Waals surface area contributed by atoms with Crippen molar-refractivity contribution in [3.63, 3.8) is 0 Å². The van der Waals surface area contributed by atoms with Crippen LogP contribution in [0.2, 0.25) is 0 Å². The van der Waals surface area contributed by atoms with Gasteiger partial charge < -0.3 is 15.7 Å². The second-order valence-corrected chi connectivity index (χ2v) is 7.46. The fourth-order valence-corrected chi connectivity index (χ4v) is 3.81. The number of aliphatic hydroxyl groups is 1. The molecule has 0 aliphatic heterocycles. The molecule has 2 amide bonds. The zero-order valence-electron chi connectivity index (χ0n) is 13.7. The summed E-state index contributed by atoms with van der Waals surface area (Å²) in [5.74, 6) is 0.278. The maximum atomic E-state index is 12.0. The van der Waals surface area contributed by atoms with Crippen molar-refractivity contribution in [2.45, 2.75) is 64.5 Å². The highest BCUT2D eigenvalue weighted by Crippen LogP contribution is 2.32. The third-order valence-electron chi connectivity index (χ3n) is 4.45. The number of nitrogens with zero attached hydrogens (tertiary/aromatic N) is 1. The molecule has 1 aromatic heterocycles. The SMILES string of the molecule is Cc1csc([C@@H](C)NC(=O)NC[C@@](C)(O)C2CCCCC2)n1. The van der Waals surface area contributed by atoms with Crippen LogP contribution >= 0.6 is 11.3 Å². The molecule has 1 aliphatic rings. The van der Waals surface area contributed by atoms with Gasteiger partial charge in [0.25, 0.3) is 0 Å². The molecule has 1 aliphatic carbocycles. The maximum absolute atomic E-state index is 12.0. The second-order valence-electron chi connectivity index (χ2n) is 6.57. The summed E-state index contributed by atoms with van der Waals surface area (Å²) in [6.45, 7) is 5.97. The van der Waals surface area contributed by atoms with Crippen LogP contribution in [0.15, 0.2) is 5.38 Å². The van der Waals surface area contributed by atoms with Gasteiger partial charge in [0.1, 0.15) is 5.01 Å². The molecule has 1 heterocycles. The molecule has 22 heavy (non-hydrogen) atoms. The van der Waals surface area contributed by atoms with Gasteiger partial charge in [-0.2, -0.15) is 0 Å². The van der Waals surface area contributed by atoms with Crippen LogP contribution in [0.3, 0.4) is 0 Å². The summed E-state index contributed by atoms with van der Waals surface area (Å²) in [6, 6.07) is -0.380. The van der Waals surface area contributed by atoms with Crippen LogP contribution in [-0.2, 0) is 0 Å². The molecule has 0 saturated heterocycles. The van der Waals surface area contributed by atoms with Crippen molar-refractivity contribution < 1.29 is 9.90 Å². The van der Waals surface area contributed by atoms with Crippen LogP contribution in [0.5, 0.6) is 0 Å². The fraction of sp³-hybridized carbons (Fsp3) is 0.750. The number of amides is 2. The van der Waals surface area contributed by atoms with Gasteiger partial charge >= 0.3 is 6.03 Å². The Kier molecular flexibility index (Phi) is 5.81. The minimum Gasteiger partial charge on any atom is -0.388 e. The predicted octanol–water partition coefficient (Wildman–Crippen LogP) is 3.14. The fourth-order valence-electron chi connectivity index (χ4n) is 3.01. The first kappa shape index (κ1) is 17.2. The van der Waals surface area contributed by atoms with E-state index in [1.165, 1.54) is 19.3 Å². The Morgan fingerprint density at radius 3 is 2.77 bits per heavy atom. The number of carbonyl (C=O) groups excluding carboxylic acids is 1. The van der Waals surface area contributed by atoms with Crippen molar-refractivity contribution in [2.75, 3.05) is 6.54 Å². The van der Waals surface area contributed by atoms with Crippen molar-refractivity contribution in [1.29, 1.82) is 0 Å². The Morgan fingerprint density at radius 2 is 2.18 bits per heavy atom. The van der Waals surface area contributed by atoms with Gasteiger partial charge in [-0.05, 0) is 39.5 Å². The summed E-state index contributed by atoms with van der Waals surface area (Å²) >= 11 is 1.54. The summed E-state index contributed by atoms with van der Waals surface area (Å²) < 4.78 is 0. The standard InChI is InChI=1S/C16H27N3O2S/c1-11-9-22-14(18-11)12(2)19-15(20)17-10-16(3,21)13-7-5-4-6-8-13/h9,12-13,21H,4-8,10H2,1-3H3,(H2,17,19,20)/t12-,16-/m1/s1. The number of hydrogen-bond donors (Lipinski definition) is 3. The van der Waals surface area contributed by atoms with Crippen molar-refractivity contribution in [3.05, 3.63) is 16.1 Å². The minimum absolute atomic E-state index is 0.127. The summed E-state index contributed by atoms with van der Waals surface area (Å²) in [5, 5.41) is 19.1. The van der Waals surface area contributed by atoms with Crippen molar-refractivity contribution in [3.8, 4) is 0 Å². The van der Waals surface area contributed by atoms with Gasteiger partial charge in [0.05, 0.1) is 11.6 Å². The van der Waals surface area contributed by atoms with E-state index >= 15 is 0 Å². The normalized spacial score (nSPS) is 20.2. The highest BCUT2D eigenvalue weighted by molar-refractivity contribution is 7.09. The molecule has 0 aromatic carbocycles. The average molecular weight is 325 g/mol. The molecule has 5 nitrogen and oxygen atoms in total. The molecule has 0 bridgehead atoms. The molecule has 124 valence electrons. The Balaban J connectivity index is 1.79. The Bertz CT molecular complexity index is 495. The Morgan fingerprint density at radius 1 is 1.50 bits per heavy atom. The summed E-state index contributed by atoms with van der Waals surface area (Å²) in [5.41, 5.74) is 0.132. The number of nitrogens with one attached hydrogen (secondary N) is 2. The number of urea groups is 1. The third-order valence-corrected chi connectivity index (χ3v) is 5.59. The lowest BCUT2D eigenvalue weighted by Crippen LogP contribution is -2.49. The molecule has 2 atom stereocenters. The minimum atomic E-state index is -0.835. The van der Waals surface area contributed by atoms with E-state index in [0.717, 1.165) is 23.5 Å². The van der Waals surface area contributed by atoms with E-state index in [1.807, 2.05) is 26.2 Å². The monoisotopic (exact) mass is 325 g/mol. The van der Waals surface area contributed by atoms with Crippen LogP contribution in [0, 0.1) is 12.8 Å². The van der Waals surface area contributed by atoms with E-state index in [1.54, 1.807) is 11.3 Å². The van der Waals surface area contributed by atoms with Crippen LogP contribution in [0.25, 0.3) is 0 Å². The van der Waals surface area contributed by atoms with Gasteiger partial charge in [0.15, 0.2) is 0 Å². The quantitative estimate of drug-likeness (QED) is 0.778. The average Bonchev–Trinajstić information content (AvgIpc) is 2.93. The molecule has 1 saturated carbocycles. The number of aryl methyl sites for hydroxylation is 1. The van der Waals surface area contributed by atoms with Crippen molar-refractivity contribution in [2.24, 2.45) is 5.92 Å². The largest absolute Gasteiger partial charge is 0.388 e. The highest BCUT2D eigenvalue weighted by atomic mass is 32.1. The van der Waals surface area contributed by atoms with Crippen molar-refractivity contribution >= 4 is 17.4 Å². The number of carbonyl (C=O) groups is 1. The lowest BCUT2D eigenvalue weighted by Gasteiger charge is -2.35. The first-order valence-corrected chi connectivity index (χ1v) is 8.95. The molecule has 1 aromatic rings. The molecule has 6 heteroatoms. The summed E-state index contributed by atoms with van der Waals surface area (Å²) in [6.07, 6.45) is 5.70. The lowest BCUT2D eigenvalue weighted by atomic mass is 9.78. The van der Waals surface area contributed by atoms with Gasteiger partial charge in [-0.25, -0.2) is 9.78 Å². The topological polar surface area (TPSA) is 74.2 Å². The predicted molar refractivity (Wildman–Crippen MR) is 89.0 cm³/mol. The zero-order chi connectivity index (χ0) is 16.2. The van der Waals surface area contributed by atoms with E-state index in [-0.39, 0.29) is 24.5 Å². The maximum Gasteiger partial charge on any atom is 0.315 e. The molecule has 0 radical (unpaired) electrons. The number of hydrogen-bond acceptors (Lipinski definition) is 4. The first-order valence-electron chi connectivity index (χ1n) is 8.07. The Labute approximate surface area is 136 Å². The summed E-state index contributed by atoms with van der Waals surface area (Å²) in [4.78, 5) is 16.4. The van der Waals surface area contributed by atoms with Gasteiger partial charge in [0, 0.05) is 17.6 Å². The van der Waals surface area contributed by atoms with Crippen LogP contribution in [0.4, 0.5) is 4.79 Å². The van der Waals surface area contributed by atoms with E-state index in [0.29, 0.717) is 0 Å². The summed E-state index contributed by atoms with van der Waals surface area (Å²) in [7, 11) is 0. The molecular formula is C16H27N3O2S. The molecule has 0 spiro atoms. The van der Waals surface area contributed by atoms with Gasteiger partial charge in [0.2, 0.25) is 0 Å². The second kappa shape index (κ2) is 7.42. The molecular weight excluding hydrogens is 298 g/mol. The molecule has 1 fully saturated rings. The first-order chi connectivity index (χ1) is 10.4. The van der Waals surface area contributed by atoms with Crippen LogP contribution < -0.4 is 10.6 Å². The van der Waals surface area contributed by atoms with E-state index in [4.69, 9.17) is 0 Å². The van der Waals surface area contributed by atoms with Crippen LogP contribution in [0.1, 0.15) is 62.7 Å². The van der Waals surface area contributed by atoms with Crippen molar-refractivity contribution in [1.82, 2.24) is 15.6 Å². The number of rotatable bonds is 5. The Hall–Kier alpha value is -1.14. The molecule has 2 rings (SSSR count). The van der Waals surface area contributed by atoms with Gasteiger partial charge in [-0.3, -0.25) is 0 Å². The van der Waals surface area contributed by atoms with Gasteiger partial charge in [-0.1, -0.05) is 19.3 Å².